The number of benzene rings is 4. The molecule has 29 heavy (non-hydrogen) atoms. The maximum atomic E-state index is 11.8. The summed E-state index contributed by atoms with van der Waals surface area (Å²) in [5.74, 6) is 0.159. The van der Waals surface area contributed by atoms with E-state index >= 15 is 0 Å². The van der Waals surface area contributed by atoms with Crippen molar-refractivity contribution < 1.29 is 10.0 Å². The molecule has 0 bridgehead atoms. The Hall–Kier alpha value is -4.12. The number of nitro groups is 1. The van der Waals surface area contributed by atoms with E-state index in [1.54, 1.807) is 12.1 Å². The van der Waals surface area contributed by atoms with Gasteiger partial charge in [-0.15, -0.1) is 0 Å². The Morgan fingerprint density at radius 3 is 2.03 bits per heavy atom. The Labute approximate surface area is 165 Å². The average molecular weight is 380 g/mol. The lowest BCUT2D eigenvalue weighted by atomic mass is 10.0. The first kappa shape index (κ1) is 17.0. The minimum atomic E-state index is -0.375. The van der Waals surface area contributed by atoms with Gasteiger partial charge in [0, 0.05) is 27.7 Å². The molecule has 0 atom stereocenters. The predicted octanol–water partition coefficient (Wildman–Crippen LogP) is 6.37. The van der Waals surface area contributed by atoms with Crippen LogP contribution in [0.15, 0.2) is 84.9 Å². The third-order valence-electron chi connectivity index (χ3n) is 5.25. The summed E-state index contributed by atoms with van der Waals surface area (Å²) >= 11 is 0. The van der Waals surface area contributed by atoms with Gasteiger partial charge in [0.15, 0.2) is 0 Å². The van der Waals surface area contributed by atoms with Gasteiger partial charge < -0.3 is 10.1 Å². The maximum absolute atomic E-state index is 11.8. The molecule has 5 heteroatoms. The number of nitrogens with zero attached hydrogens (tertiary/aromatic N) is 1. The van der Waals surface area contributed by atoms with Gasteiger partial charge in [-0.2, -0.15) is 0 Å². The van der Waals surface area contributed by atoms with E-state index in [9.17, 15) is 15.2 Å². The molecule has 1 aromatic heterocycles. The second kappa shape index (κ2) is 6.49. The Kier molecular flexibility index (Phi) is 3.81. The van der Waals surface area contributed by atoms with Crippen LogP contribution in [0.4, 0.5) is 5.69 Å². The fraction of sp³-hybridized carbons (Fsp3) is 0. The maximum Gasteiger partial charge on any atom is 0.293 e. The number of phenolic OH excluding ortho intramolecular Hbond substituents is 1. The number of nitrogens with one attached hydrogen (secondary N) is 1. The van der Waals surface area contributed by atoms with Crippen molar-refractivity contribution in [2.45, 2.75) is 0 Å². The molecule has 4 aromatic carbocycles. The van der Waals surface area contributed by atoms with E-state index in [1.165, 1.54) is 6.07 Å². The van der Waals surface area contributed by atoms with E-state index < -0.39 is 0 Å². The summed E-state index contributed by atoms with van der Waals surface area (Å²) in [7, 11) is 0. The predicted molar refractivity (Wildman–Crippen MR) is 117 cm³/mol. The van der Waals surface area contributed by atoms with Gasteiger partial charge in [-0.25, -0.2) is 0 Å². The molecule has 5 rings (SSSR count). The van der Waals surface area contributed by atoms with E-state index in [2.05, 4.69) is 4.98 Å². The first-order valence-electron chi connectivity index (χ1n) is 9.21. The zero-order valence-electron chi connectivity index (χ0n) is 15.3. The third kappa shape index (κ3) is 2.63. The molecule has 5 aromatic rings. The Morgan fingerprint density at radius 2 is 1.28 bits per heavy atom. The molecule has 0 unspecified atom stereocenters. The molecule has 0 aliphatic carbocycles. The summed E-state index contributed by atoms with van der Waals surface area (Å²) in [5.41, 5.74) is 1.13. The van der Waals surface area contributed by atoms with Gasteiger partial charge in [-0.05, 0) is 28.3 Å². The molecule has 0 radical (unpaired) electrons. The minimum Gasteiger partial charge on any atom is -0.507 e. The van der Waals surface area contributed by atoms with Crippen molar-refractivity contribution in [3.8, 4) is 5.75 Å². The topological polar surface area (TPSA) is 79.2 Å². The molecular formula is C24H16N2O3. The van der Waals surface area contributed by atoms with Gasteiger partial charge in [-0.1, -0.05) is 66.7 Å². The molecule has 0 fully saturated rings. The van der Waals surface area contributed by atoms with Crippen LogP contribution in [0.5, 0.6) is 5.75 Å². The molecule has 0 amide bonds. The fourth-order valence-corrected chi connectivity index (χ4v) is 3.99. The molecule has 2 N–H and O–H groups in total. The zero-order chi connectivity index (χ0) is 20.0. The quantitative estimate of drug-likeness (QED) is 0.262. The number of non-ortho nitro benzene ring substituents is 1. The van der Waals surface area contributed by atoms with Crippen LogP contribution in [0, 0.1) is 10.1 Å². The highest BCUT2D eigenvalue weighted by molar-refractivity contribution is 6.21. The first-order chi connectivity index (χ1) is 14.1. The zero-order valence-corrected chi connectivity index (χ0v) is 15.3. The number of para-hydroxylation sites is 2. The van der Waals surface area contributed by atoms with Crippen LogP contribution in [0.1, 0.15) is 0 Å². The van der Waals surface area contributed by atoms with Crippen molar-refractivity contribution in [3.63, 3.8) is 0 Å². The van der Waals surface area contributed by atoms with Gasteiger partial charge in [0.25, 0.3) is 5.69 Å². The Morgan fingerprint density at radius 1 is 0.690 bits per heavy atom. The SMILES string of the molecule is O=[N+]([O-])c1cccc2c1[nH]c1ccccc1c1c(O)cccc1c1ccccc21. The minimum absolute atomic E-state index is 0.00211. The molecular weight excluding hydrogens is 364 g/mol. The van der Waals surface area contributed by atoms with Crippen LogP contribution in [0.2, 0.25) is 0 Å². The lowest BCUT2D eigenvalue weighted by Gasteiger charge is -2.04. The van der Waals surface area contributed by atoms with E-state index in [-0.39, 0.29) is 16.4 Å². The van der Waals surface area contributed by atoms with Crippen LogP contribution in [0.3, 0.4) is 0 Å². The molecule has 0 aliphatic heterocycles. The van der Waals surface area contributed by atoms with E-state index in [0.29, 0.717) is 16.4 Å². The van der Waals surface area contributed by atoms with Crippen molar-refractivity contribution in [1.29, 1.82) is 0 Å². The number of rotatable bonds is 1. The molecule has 0 spiro atoms. The van der Waals surface area contributed by atoms with Gasteiger partial charge >= 0.3 is 0 Å². The van der Waals surface area contributed by atoms with Crippen molar-refractivity contribution in [2.24, 2.45) is 0 Å². The number of hydrogen-bond donors (Lipinski definition) is 2. The lowest BCUT2D eigenvalue weighted by Crippen LogP contribution is -1.90. The Balaban J connectivity index is 2.28. The highest BCUT2D eigenvalue weighted by Crippen LogP contribution is 2.36. The monoisotopic (exact) mass is 380 g/mol. The number of H-pyrrole nitrogens is 1. The summed E-state index contributed by atoms with van der Waals surface area (Å²) in [6.07, 6.45) is 0. The summed E-state index contributed by atoms with van der Waals surface area (Å²) in [4.78, 5) is 14.7. The van der Waals surface area contributed by atoms with Gasteiger partial charge in [0.2, 0.25) is 0 Å². The van der Waals surface area contributed by atoms with Crippen LogP contribution in [0.25, 0.3) is 43.4 Å². The van der Waals surface area contributed by atoms with Crippen molar-refractivity contribution in [1.82, 2.24) is 4.98 Å². The summed E-state index contributed by atoms with van der Waals surface area (Å²) in [6.45, 7) is 0. The van der Waals surface area contributed by atoms with Gasteiger partial charge in [0.1, 0.15) is 11.3 Å². The van der Waals surface area contributed by atoms with Gasteiger partial charge in [-0.3, -0.25) is 10.1 Å². The van der Waals surface area contributed by atoms with Crippen LogP contribution >= 0.6 is 0 Å². The summed E-state index contributed by atoms with van der Waals surface area (Å²) in [6, 6.07) is 25.8. The molecule has 5 nitrogen and oxygen atoms in total. The van der Waals surface area contributed by atoms with E-state index in [0.717, 1.165) is 26.9 Å². The highest BCUT2D eigenvalue weighted by atomic mass is 16.6. The fourth-order valence-electron chi connectivity index (χ4n) is 3.99. The lowest BCUT2D eigenvalue weighted by molar-refractivity contribution is -0.383. The first-order valence-corrected chi connectivity index (χ1v) is 9.21. The number of phenols is 1. The van der Waals surface area contributed by atoms with Crippen molar-refractivity contribution in [3.05, 3.63) is 95.0 Å². The molecule has 1 heterocycles. The van der Waals surface area contributed by atoms with Crippen LogP contribution < -0.4 is 0 Å². The second-order valence-corrected chi connectivity index (χ2v) is 6.87. The second-order valence-electron chi connectivity index (χ2n) is 6.87. The van der Waals surface area contributed by atoms with Crippen molar-refractivity contribution >= 4 is 49.0 Å². The smallest absolute Gasteiger partial charge is 0.293 e. The molecule has 0 saturated carbocycles. The molecule has 0 aliphatic rings. The third-order valence-corrected chi connectivity index (χ3v) is 5.25. The highest BCUT2D eigenvalue weighted by Gasteiger charge is 2.14. The van der Waals surface area contributed by atoms with Crippen LogP contribution in [-0.2, 0) is 0 Å². The number of nitro benzene ring substituents is 1. The number of aromatic hydroxyl groups is 1. The standard InChI is InChI=1S/C24H16N2O3/c27-22-14-6-10-17-15-7-1-2-8-16(15)18-11-5-13-21(26(28)29)24(18)25-20-12-4-3-9-19(20)23(17)22/h1-14,25,27H. The Bertz CT molecular complexity index is 1500. The van der Waals surface area contributed by atoms with E-state index in [1.807, 2.05) is 66.7 Å². The van der Waals surface area contributed by atoms with E-state index in [4.69, 9.17) is 0 Å². The number of aromatic nitrogens is 1. The average Bonchev–Trinajstić information content (AvgIpc) is 2.79. The largest absolute Gasteiger partial charge is 0.507 e. The number of fused-ring (bicyclic) bond motifs is 7. The van der Waals surface area contributed by atoms with Gasteiger partial charge in [0.05, 0.1) is 4.92 Å². The normalized spacial score (nSPS) is 11.2. The summed E-state index contributed by atoms with van der Waals surface area (Å²) in [5, 5.41) is 27.4. The van der Waals surface area contributed by atoms with Crippen molar-refractivity contribution in [2.75, 3.05) is 0 Å². The molecule has 140 valence electrons. The number of hydrogen-bond acceptors (Lipinski definition) is 3. The summed E-state index contributed by atoms with van der Waals surface area (Å²) < 4.78 is 0. The van der Waals surface area contributed by atoms with Crippen LogP contribution in [-0.4, -0.2) is 15.0 Å². The molecule has 0 saturated heterocycles. The number of aromatic amines is 1.